The van der Waals surface area contributed by atoms with E-state index in [1.165, 1.54) is 0 Å². The summed E-state index contributed by atoms with van der Waals surface area (Å²) in [4.78, 5) is 0. The molecule has 1 rings (SSSR count). The Morgan fingerprint density at radius 1 is 1.38 bits per heavy atom. The second-order valence-corrected chi connectivity index (χ2v) is 3.45. The molecule has 1 aromatic rings. The van der Waals surface area contributed by atoms with Crippen LogP contribution in [0.4, 0.5) is 0 Å². The third-order valence-electron chi connectivity index (χ3n) is 2.15. The average Bonchev–Trinajstić information content (AvgIpc) is 2.17. The van der Waals surface area contributed by atoms with E-state index >= 15 is 0 Å². The van der Waals surface area contributed by atoms with E-state index in [1.54, 1.807) is 6.92 Å². The molecule has 0 saturated heterocycles. The molecule has 0 aromatic heterocycles. The zero-order chi connectivity index (χ0) is 9.84. The molecule has 0 aliphatic rings. The summed E-state index contributed by atoms with van der Waals surface area (Å²) in [6.45, 7) is 3.78. The maximum atomic E-state index is 8.58. The smallest absolute Gasteiger partial charge is 0.0611 e. The van der Waals surface area contributed by atoms with Gasteiger partial charge in [-0.15, -0.1) is 0 Å². The van der Waals surface area contributed by atoms with E-state index in [1.807, 2.05) is 31.2 Å². The van der Waals surface area contributed by atoms with Gasteiger partial charge in [0.25, 0.3) is 0 Å². The van der Waals surface area contributed by atoms with Crippen LogP contribution in [-0.4, -0.2) is 10.9 Å². The summed E-state index contributed by atoms with van der Waals surface area (Å²) in [5, 5.41) is 12.5. The predicted molar refractivity (Wildman–Crippen MR) is 54.8 cm³/mol. The van der Waals surface area contributed by atoms with Crippen LogP contribution in [0.1, 0.15) is 25.3 Å². The van der Waals surface area contributed by atoms with Crippen molar-refractivity contribution in [2.45, 2.75) is 19.8 Å². The van der Waals surface area contributed by atoms with Gasteiger partial charge in [0, 0.05) is 10.9 Å². The number of hydrogen-bond acceptors (Lipinski definition) is 2. The first-order valence-electron chi connectivity index (χ1n) is 4.09. The summed E-state index contributed by atoms with van der Waals surface area (Å²) in [7, 11) is 0. The molecule has 1 N–H and O–H groups in total. The van der Waals surface area contributed by atoms with Crippen LogP contribution in [0.15, 0.2) is 29.4 Å². The van der Waals surface area contributed by atoms with Crippen LogP contribution in [-0.2, 0) is 0 Å². The highest BCUT2D eigenvalue weighted by atomic mass is 35.5. The Balaban J connectivity index is 2.89. The molecule has 1 aromatic carbocycles. The predicted octanol–water partition coefficient (Wildman–Crippen LogP) is 3.29. The topological polar surface area (TPSA) is 32.6 Å². The van der Waals surface area contributed by atoms with Gasteiger partial charge in [-0.05, 0) is 24.6 Å². The van der Waals surface area contributed by atoms with Gasteiger partial charge in [0.1, 0.15) is 0 Å². The molecular formula is C10H12ClNO. The SMILES string of the molecule is C/C(=N\O)C(C)c1ccc(Cl)cc1. The van der Waals surface area contributed by atoms with E-state index in [4.69, 9.17) is 16.8 Å². The van der Waals surface area contributed by atoms with Crippen molar-refractivity contribution in [2.24, 2.45) is 5.16 Å². The molecule has 0 aliphatic heterocycles. The lowest BCUT2D eigenvalue weighted by Crippen LogP contribution is -2.04. The van der Waals surface area contributed by atoms with E-state index in [-0.39, 0.29) is 5.92 Å². The van der Waals surface area contributed by atoms with Gasteiger partial charge in [-0.3, -0.25) is 0 Å². The third-order valence-corrected chi connectivity index (χ3v) is 2.41. The average molecular weight is 198 g/mol. The molecule has 0 bridgehead atoms. The van der Waals surface area contributed by atoms with E-state index in [0.717, 1.165) is 10.6 Å². The largest absolute Gasteiger partial charge is 0.411 e. The van der Waals surface area contributed by atoms with Crippen LogP contribution in [0.3, 0.4) is 0 Å². The molecule has 70 valence electrons. The van der Waals surface area contributed by atoms with Gasteiger partial charge >= 0.3 is 0 Å². The second-order valence-electron chi connectivity index (χ2n) is 3.01. The molecule has 0 fully saturated rings. The Labute approximate surface area is 82.8 Å². The molecule has 0 aliphatic carbocycles. The molecule has 2 nitrogen and oxygen atoms in total. The van der Waals surface area contributed by atoms with Crippen molar-refractivity contribution in [2.75, 3.05) is 0 Å². The van der Waals surface area contributed by atoms with Crippen molar-refractivity contribution >= 4 is 17.3 Å². The number of halogens is 1. The lowest BCUT2D eigenvalue weighted by atomic mass is 9.97. The first-order valence-corrected chi connectivity index (χ1v) is 4.47. The molecule has 13 heavy (non-hydrogen) atoms. The Morgan fingerprint density at radius 2 is 1.92 bits per heavy atom. The summed E-state index contributed by atoms with van der Waals surface area (Å²) >= 11 is 5.75. The maximum Gasteiger partial charge on any atom is 0.0611 e. The number of oxime groups is 1. The highest BCUT2D eigenvalue weighted by Crippen LogP contribution is 2.19. The summed E-state index contributed by atoms with van der Waals surface area (Å²) in [6.07, 6.45) is 0. The zero-order valence-corrected chi connectivity index (χ0v) is 8.42. The Kier molecular flexibility index (Phi) is 3.32. The van der Waals surface area contributed by atoms with Gasteiger partial charge in [-0.1, -0.05) is 35.8 Å². The van der Waals surface area contributed by atoms with Crippen molar-refractivity contribution in [3.05, 3.63) is 34.9 Å². The summed E-state index contributed by atoms with van der Waals surface area (Å²) in [6, 6.07) is 7.53. The van der Waals surface area contributed by atoms with Gasteiger partial charge < -0.3 is 5.21 Å². The van der Waals surface area contributed by atoms with Crippen LogP contribution in [0.25, 0.3) is 0 Å². The van der Waals surface area contributed by atoms with E-state index < -0.39 is 0 Å². The number of hydrogen-bond donors (Lipinski definition) is 1. The molecule has 1 atom stereocenters. The summed E-state index contributed by atoms with van der Waals surface area (Å²) < 4.78 is 0. The van der Waals surface area contributed by atoms with Crippen molar-refractivity contribution in [3.63, 3.8) is 0 Å². The Hall–Kier alpha value is -1.02. The van der Waals surface area contributed by atoms with E-state index in [0.29, 0.717) is 5.71 Å². The molecule has 0 amide bonds. The van der Waals surface area contributed by atoms with Crippen molar-refractivity contribution in [1.82, 2.24) is 0 Å². The fourth-order valence-electron chi connectivity index (χ4n) is 1.08. The van der Waals surface area contributed by atoms with Gasteiger partial charge in [-0.2, -0.15) is 0 Å². The fraction of sp³-hybridized carbons (Fsp3) is 0.300. The Morgan fingerprint density at radius 3 is 2.38 bits per heavy atom. The van der Waals surface area contributed by atoms with Crippen molar-refractivity contribution in [3.8, 4) is 0 Å². The summed E-state index contributed by atoms with van der Waals surface area (Å²) in [5.41, 5.74) is 1.79. The van der Waals surface area contributed by atoms with Crippen LogP contribution in [0.2, 0.25) is 5.02 Å². The lowest BCUT2D eigenvalue weighted by molar-refractivity contribution is 0.316. The van der Waals surface area contributed by atoms with Gasteiger partial charge in [0.15, 0.2) is 0 Å². The van der Waals surface area contributed by atoms with Crippen LogP contribution >= 0.6 is 11.6 Å². The molecular weight excluding hydrogens is 186 g/mol. The van der Waals surface area contributed by atoms with E-state index in [2.05, 4.69) is 5.16 Å². The van der Waals surface area contributed by atoms with E-state index in [9.17, 15) is 0 Å². The molecule has 0 spiro atoms. The first kappa shape index (κ1) is 10.1. The fourth-order valence-corrected chi connectivity index (χ4v) is 1.21. The monoisotopic (exact) mass is 197 g/mol. The van der Waals surface area contributed by atoms with Crippen molar-refractivity contribution < 1.29 is 5.21 Å². The van der Waals surface area contributed by atoms with Crippen LogP contribution in [0, 0.1) is 0 Å². The number of nitrogens with zero attached hydrogens (tertiary/aromatic N) is 1. The third kappa shape index (κ3) is 2.46. The molecule has 1 unspecified atom stereocenters. The normalized spacial score (nSPS) is 14.2. The minimum atomic E-state index is 0.127. The number of benzene rings is 1. The van der Waals surface area contributed by atoms with Gasteiger partial charge in [0.05, 0.1) is 5.71 Å². The standard InChI is InChI=1S/C10H12ClNO/c1-7(8(2)12-13)9-3-5-10(11)6-4-9/h3-7,13H,1-2H3/b12-8+. The minimum Gasteiger partial charge on any atom is -0.411 e. The molecule has 0 heterocycles. The van der Waals surface area contributed by atoms with Crippen LogP contribution in [0.5, 0.6) is 0 Å². The van der Waals surface area contributed by atoms with Crippen LogP contribution < -0.4 is 0 Å². The molecule has 0 radical (unpaired) electrons. The van der Waals surface area contributed by atoms with Gasteiger partial charge in [-0.25, -0.2) is 0 Å². The highest BCUT2D eigenvalue weighted by Gasteiger charge is 2.08. The Bertz CT molecular complexity index is 305. The van der Waals surface area contributed by atoms with Gasteiger partial charge in [0.2, 0.25) is 0 Å². The molecule has 3 heteroatoms. The van der Waals surface area contributed by atoms with Crippen molar-refractivity contribution in [1.29, 1.82) is 0 Å². The highest BCUT2D eigenvalue weighted by molar-refractivity contribution is 6.30. The lowest BCUT2D eigenvalue weighted by Gasteiger charge is -2.09. The first-order chi connectivity index (χ1) is 6.15. The quantitative estimate of drug-likeness (QED) is 0.441. The maximum absolute atomic E-state index is 8.58. The number of rotatable bonds is 2. The molecule has 0 saturated carbocycles. The second kappa shape index (κ2) is 4.28. The zero-order valence-electron chi connectivity index (χ0n) is 7.66. The minimum absolute atomic E-state index is 0.127. The summed E-state index contributed by atoms with van der Waals surface area (Å²) in [5.74, 6) is 0.127.